The maximum absolute atomic E-state index is 12.8. The summed E-state index contributed by atoms with van der Waals surface area (Å²) in [4.78, 5) is 16.6. The van der Waals surface area contributed by atoms with Crippen LogP contribution in [0.1, 0.15) is 51.2 Å². The summed E-state index contributed by atoms with van der Waals surface area (Å²) < 4.78 is 11.4. The van der Waals surface area contributed by atoms with Gasteiger partial charge in [0, 0.05) is 29.9 Å². The van der Waals surface area contributed by atoms with Crippen LogP contribution in [0, 0.1) is 6.92 Å². The summed E-state index contributed by atoms with van der Waals surface area (Å²) in [5.41, 5.74) is 2.15. The van der Waals surface area contributed by atoms with E-state index in [1.807, 2.05) is 24.4 Å². The lowest BCUT2D eigenvalue weighted by molar-refractivity contribution is 0.0117. The van der Waals surface area contributed by atoms with Crippen molar-refractivity contribution < 1.29 is 13.9 Å². The first-order valence-corrected chi connectivity index (χ1v) is 10.4. The predicted molar refractivity (Wildman–Crippen MR) is 102 cm³/mol. The molecule has 1 aliphatic heterocycles. The number of fused-ring (bicyclic) bond motifs is 1. The van der Waals surface area contributed by atoms with Gasteiger partial charge in [-0.1, -0.05) is 0 Å². The van der Waals surface area contributed by atoms with Crippen LogP contribution in [0.4, 0.5) is 0 Å². The van der Waals surface area contributed by atoms with Crippen LogP contribution >= 0.6 is 11.3 Å². The molecule has 1 N–H and O–H groups in total. The number of aryl methyl sites for hydroxylation is 2. The topological polar surface area (TPSA) is 54.7 Å². The van der Waals surface area contributed by atoms with Crippen molar-refractivity contribution in [2.24, 2.45) is 0 Å². The third-order valence-corrected chi connectivity index (χ3v) is 6.43. The van der Waals surface area contributed by atoms with Crippen LogP contribution in [0.3, 0.4) is 0 Å². The number of nitrogens with zero attached hydrogens (tertiary/aromatic N) is 1. The maximum Gasteiger partial charge on any atom is 0.252 e. The van der Waals surface area contributed by atoms with Crippen molar-refractivity contribution in [1.82, 2.24) is 10.2 Å². The third-order valence-electron chi connectivity index (χ3n) is 5.34. The lowest BCUT2D eigenvalue weighted by Crippen LogP contribution is -2.43. The second-order valence-corrected chi connectivity index (χ2v) is 8.04. The second-order valence-electron chi connectivity index (χ2n) is 7.08. The monoisotopic (exact) mass is 374 g/mol. The summed E-state index contributed by atoms with van der Waals surface area (Å²) in [6, 6.07) is 4.06. The van der Waals surface area contributed by atoms with E-state index in [1.165, 1.54) is 23.3 Å². The third kappa shape index (κ3) is 3.72. The number of hydrogen-bond donors (Lipinski definition) is 1. The highest BCUT2D eigenvalue weighted by Crippen LogP contribution is 2.30. The van der Waals surface area contributed by atoms with Crippen molar-refractivity contribution in [2.45, 2.75) is 38.6 Å². The molecule has 0 saturated carbocycles. The lowest BCUT2D eigenvalue weighted by Gasteiger charge is -2.33. The highest BCUT2D eigenvalue weighted by molar-refractivity contribution is 7.10. The minimum Gasteiger partial charge on any atom is -0.465 e. The number of carbonyl (C=O) groups excluding carboxylic acids is 1. The number of amides is 1. The maximum atomic E-state index is 12.8. The van der Waals surface area contributed by atoms with Gasteiger partial charge in [0.25, 0.3) is 5.91 Å². The largest absolute Gasteiger partial charge is 0.465 e. The Bertz CT molecular complexity index is 761. The van der Waals surface area contributed by atoms with Crippen molar-refractivity contribution in [1.29, 1.82) is 0 Å². The van der Waals surface area contributed by atoms with E-state index in [0.717, 1.165) is 56.2 Å². The van der Waals surface area contributed by atoms with Gasteiger partial charge in [0.2, 0.25) is 0 Å². The molecule has 4 rings (SSSR count). The SMILES string of the molecule is Cc1ccc(C(CNC(=O)c2csc3c2CCCC3)N2CCOCC2)o1. The molecule has 0 radical (unpaired) electrons. The summed E-state index contributed by atoms with van der Waals surface area (Å²) in [7, 11) is 0. The molecule has 1 saturated heterocycles. The van der Waals surface area contributed by atoms with E-state index in [2.05, 4.69) is 10.2 Å². The van der Waals surface area contributed by atoms with Crippen molar-refractivity contribution in [3.05, 3.63) is 45.0 Å². The van der Waals surface area contributed by atoms with Crippen LogP contribution in [0.2, 0.25) is 0 Å². The molecule has 1 unspecified atom stereocenters. The Hall–Kier alpha value is -1.63. The predicted octanol–water partition coefficient (Wildman–Crippen LogP) is 3.33. The molecule has 1 aliphatic carbocycles. The summed E-state index contributed by atoms with van der Waals surface area (Å²) >= 11 is 1.74. The van der Waals surface area contributed by atoms with E-state index in [-0.39, 0.29) is 11.9 Å². The van der Waals surface area contributed by atoms with E-state index < -0.39 is 0 Å². The van der Waals surface area contributed by atoms with Crippen molar-refractivity contribution in [3.63, 3.8) is 0 Å². The summed E-state index contributed by atoms with van der Waals surface area (Å²) in [5.74, 6) is 1.86. The van der Waals surface area contributed by atoms with Gasteiger partial charge >= 0.3 is 0 Å². The first-order chi connectivity index (χ1) is 12.7. The number of morpholine rings is 1. The van der Waals surface area contributed by atoms with Gasteiger partial charge in [-0.15, -0.1) is 11.3 Å². The van der Waals surface area contributed by atoms with Gasteiger partial charge in [-0.25, -0.2) is 0 Å². The smallest absolute Gasteiger partial charge is 0.252 e. The molecule has 1 atom stereocenters. The van der Waals surface area contributed by atoms with Gasteiger partial charge in [-0.3, -0.25) is 9.69 Å². The molecule has 1 fully saturated rings. The number of nitrogens with one attached hydrogen (secondary N) is 1. The summed E-state index contributed by atoms with van der Waals surface area (Å²) in [6.45, 7) is 5.67. The van der Waals surface area contributed by atoms with Crippen LogP contribution in [-0.2, 0) is 17.6 Å². The van der Waals surface area contributed by atoms with Gasteiger partial charge in [0.05, 0.1) is 24.8 Å². The van der Waals surface area contributed by atoms with E-state index in [1.54, 1.807) is 11.3 Å². The van der Waals surface area contributed by atoms with E-state index >= 15 is 0 Å². The van der Waals surface area contributed by atoms with Crippen LogP contribution < -0.4 is 5.32 Å². The van der Waals surface area contributed by atoms with Crippen molar-refractivity contribution in [3.8, 4) is 0 Å². The fraction of sp³-hybridized carbons (Fsp3) is 0.550. The number of furan rings is 1. The van der Waals surface area contributed by atoms with Crippen LogP contribution in [-0.4, -0.2) is 43.7 Å². The zero-order chi connectivity index (χ0) is 17.9. The number of ether oxygens (including phenoxy) is 1. The molecular weight excluding hydrogens is 348 g/mol. The highest BCUT2D eigenvalue weighted by atomic mass is 32.1. The first kappa shape index (κ1) is 17.8. The molecule has 2 aromatic rings. The zero-order valence-corrected chi connectivity index (χ0v) is 16.1. The fourth-order valence-corrected chi connectivity index (χ4v) is 5.03. The zero-order valence-electron chi connectivity index (χ0n) is 15.3. The van der Waals surface area contributed by atoms with Crippen molar-refractivity contribution in [2.75, 3.05) is 32.8 Å². The molecule has 1 amide bonds. The Kier molecular flexibility index (Phi) is 5.43. The lowest BCUT2D eigenvalue weighted by atomic mass is 9.95. The van der Waals surface area contributed by atoms with Crippen molar-refractivity contribution >= 4 is 17.2 Å². The molecular formula is C20H26N2O3S. The second kappa shape index (κ2) is 7.94. The standard InChI is InChI=1S/C20H26N2O3S/c1-14-6-7-18(25-14)17(22-8-10-24-11-9-22)12-21-20(23)16-13-26-19-5-3-2-4-15(16)19/h6-7,13,17H,2-5,8-12H2,1H3,(H,21,23). The van der Waals surface area contributed by atoms with Gasteiger partial charge in [0.15, 0.2) is 0 Å². The Morgan fingerprint density at radius 2 is 2.08 bits per heavy atom. The molecule has 6 heteroatoms. The molecule has 140 valence electrons. The molecule has 0 aromatic carbocycles. The van der Waals surface area contributed by atoms with Gasteiger partial charge < -0.3 is 14.5 Å². The Morgan fingerprint density at radius 3 is 2.85 bits per heavy atom. The minimum absolute atomic E-state index is 0.0472. The average Bonchev–Trinajstić information content (AvgIpc) is 3.29. The molecule has 3 heterocycles. The van der Waals surface area contributed by atoms with E-state index in [4.69, 9.17) is 9.15 Å². The number of carbonyl (C=O) groups is 1. The van der Waals surface area contributed by atoms with Crippen LogP contribution in [0.15, 0.2) is 21.9 Å². The minimum atomic E-state index is 0.0472. The summed E-state index contributed by atoms with van der Waals surface area (Å²) in [6.07, 6.45) is 4.58. The highest BCUT2D eigenvalue weighted by Gasteiger charge is 2.27. The molecule has 0 bridgehead atoms. The normalized spacial score (nSPS) is 19.1. The molecule has 0 spiro atoms. The average molecular weight is 375 g/mol. The Labute approximate surface area is 158 Å². The Balaban J connectivity index is 1.47. The quantitative estimate of drug-likeness (QED) is 0.872. The van der Waals surface area contributed by atoms with E-state index in [0.29, 0.717) is 6.54 Å². The van der Waals surface area contributed by atoms with Gasteiger partial charge in [-0.05, 0) is 50.3 Å². The molecule has 2 aliphatic rings. The fourth-order valence-electron chi connectivity index (χ4n) is 3.90. The Morgan fingerprint density at radius 1 is 1.27 bits per heavy atom. The molecule has 26 heavy (non-hydrogen) atoms. The van der Waals surface area contributed by atoms with Crippen LogP contribution in [0.25, 0.3) is 0 Å². The molecule has 2 aromatic heterocycles. The number of thiophene rings is 1. The molecule has 5 nitrogen and oxygen atoms in total. The first-order valence-electron chi connectivity index (χ1n) is 9.48. The van der Waals surface area contributed by atoms with Crippen LogP contribution in [0.5, 0.6) is 0 Å². The van der Waals surface area contributed by atoms with Gasteiger partial charge in [-0.2, -0.15) is 0 Å². The number of rotatable bonds is 5. The number of hydrogen-bond acceptors (Lipinski definition) is 5. The van der Waals surface area contributed by atoms with E-state index in [9.17, 15) is 4.79 Å². The summed E-state index contributed by atoms with van der Waals surface area (Å²) in [5, 5.41) is 5.20. The van der Waals surface area contributed by atoms with Gasteiger partial charge in [0.1, 0.15) is 11.5 Å².